The molecule has 0 heterocycles. The fraction of sp³-hybridized carbons (Fsp3) is 0.222. The van der Waals surface area contributed by atoms with Gasteiger partial charge in [0.15, 0.2) is 0 Å². The summed E-state index contributed by atoms with van der Waals surface area (Å²) in [6, 6.07) is 4.08. The second kappa shape index (κ2) is 4.52. The molecule has 0 unspecified atom stereocenters. The molecule has 1 atom stereocenters. The van der Waals surface area contributed by atoms with E-state index in [-0.39, 0.29) is 5.56 Å². The van der Waals surface area contributed by atoms with E-state index in [1.54, 1.807) is 6.07 Å². The van der Waals surface area contributed by atoms with Gasteiger partial charge in [-0.1, -0.05) is 22.0 Å². The minimum Gasteiger partial charge on any atom is -0.481 e. The van der Waals surface area contributed by atoms with E-state index in [0.717, 1.165) is 0 Å². The highest BCUT2D eigenvalue weighted by molar-refractivity contribution is 9.10. The van der Waals surface area contributed by atoms with Crippen LogP contribution in [0.25, 0.3) is 0 Å². The van der Waals surface area contributed by atoms with E-state index in [4.69, 9.17) is 5.11 Å². The van der Waals surface area contributed by atoms with Gasteiger partial charge in [0, 0.05) is 10.0 Å². The maximum atomic E-state index is 13.2. The predicted octanol–water partition coefficient (Wildman–Crippen LogP) is 2.10. The van der Waals surface area contributed by atoms with E-state index < -0.39 is 24.3 Å². The number of carboxylic acid groups (broad SMARTS) is 1. The van der Waals surface area contributed by atoms with Crippen LogP contribution in [0.4, 0.5) is 4.39 Å². The lowest BCUT2D eigenvalue weighted by molar-refractivity contribution is -0.139. The highest BCUT2D eigenvalue weighted by Gasteiger charge is 2.15. The molecule has 0 saturated carbocycles. The van der Waals surface area contributed by atoms with Gasteiger partial charge >= 0.3 is 5.97 Å². The topological polar surface area (TPSA) is 57.5 Å². The Morgan fingerprint density at radius 2 is 2.21 bits per heavy atom. The molecule has 2 N–H and O–H groups in total. The van der Waals surface area contributed by atoms with E-state index in [1.807, 2.05) is 0 Å². The van der Waals surface area contributed by atoms with Gasteiger partial charge in [-0.3, -0.25) is 4.79 Å². The number of halogens is 2. The van der Waals surface area contributed by atoms with Gasteiger partial charge < -0.3 is 10.2 Å². The standard InChI is InChI=1S/C9H8BrFO3/c10-5-1-2-6(7(11)3-5)8(12)4-9(13)14/h1-3,8,12H,4H2,(H,13,14)/t8-/m0/s1. The average molecular weight is 263 g/mol. The van der Waals surface area contributed by atoms with Gasteiger partial charge in [-0.2, -0.15) is 0 Å². The highest BCUT2D eigenvalue weighted by atomic mass is 79.9. The van der Waals surface area contributed by atoms with Crippen LogP contribution in [0.3, 0.4) is 0 Å². The zero-order valence-corrected chi connectivity index (χ0v) is 8.66. The summed E-state index contributed by atoms with van der Waals surface area (Å²) >= 11 is 3.06. The molecule has 1 aromatic rings. The Morgan fingerprint density at radius 3 is 2.71 bits per heavy atom. The van der Waals surface area contributed by atoms with Crippen molar-refractivity contribution >= 4 is 21.9 Å². The number of aliphatic carboxylic acids is 1. The maximum Gasteiger partial charge on any atom is 0.306 e. The Balaban J connectivity index is 2.90. The third kappa shape index (κ3) is 2.78. The molecule has 0 amide bonds. The van der Waals surface area contributed by atoms with Crippen molar-refractivity contribution in [1.29, 1.82) is 0 Å². The maximum absolute atomic E-state index is 13.2. The molecule has 3 nitrogen and oxygen atoms in total. The van der Waals surface area contributed by atoms with Crippen molar-refractivity contribution in [2.75, 3.05) is 0 Å². The van der Waals surface area contributed by atoms with Crippen LogP contribution in [-0.4, -0.2) is 16.2 Å². The third-order valence-electron chi connectivity index (χ3n) is 1.69. The smallest absolute Gasteiger partial charge is 0.306 e. The molecule has 14 heavy (non-hydrogen) atoms. The van der Waals surface area contributed by atoms with E-state index in [1.165, 1.54) is 12.1 Å². The predicted molar refractivity (Wildman–Crippen MR) is 51.3 cm³/mol. The fourth-order valence-corrected chi connectivity index (χ4v) is 1.38. The van der Waals surface area contributed by atoms with Gasteiger partial charge in [-0.05, 0) is 12.1 Å². The van der Waals surface area contributed by atoms with Crippen molar-refractivity contribution in [2.24, 2.45) is 0 Å². The lowest BCUT2D eigenvalue weighted by Gasteiger charge is -2.09. The second-order valence-electron chi connectivity index (χ2n) is 2.78. The summed E-state index contributed by atoms with van der Waals surface area (Å²) in [5.74, 6) is -1.78. The van der Waals surface area contributed by atoms with E-state index in [9.17, 15) is 14.3 Å². The summed E-state index contributed by atoms with van der Waals surface area (Å²) in [5, 5.41) is 17.7. The van der Waals surface area contributed by atoms with E-state index >= 15 is 0 Å². The molecule has 0 saturated heterocycles. The van der Waals surface area contributed by atoms with Crippen LogP contribution in [0.1, 0.15) is 18.1 Å². The number of benzene rings is 1. The van der Waals surface area contributed by atoms with Crippen molar-refractivity contribution < 1.29 is 19.4 Å². The van der Waals surface area contributed by atoms with Crippen LogP contribution in [0, 0.1) is 5.82 Å². The van der Waals surface area contributed by atoms with Gasteiger partial charge in [0.05, 0.1) is 12.5 Å². The molecule has 0 aliphatic rings. The zero-order valence-electron chi connectivity index (χ0n) is 7.08. The minimum absolute atomic E-state index is 0.00407. The first-order valence-electron chi connectivity index (χ1n) is 3.85. The summed E-state index contributed by atoms with van der Waals surface area (Å²) in [6.45, 7) is 0. The van der Waals surface area contributed by atoms with Gasteiger partial charge in [-0.15, -0.1) is 0 Å². The molecule has 0 aromatic heterocycles. The Kier molecular flexibility index (Phi) is 3.60. The van der Waals surface area contributed by atoms with E-state index in [0.29, 0.717) is 4.47 Å². The number of hydrogen-bond acceptors (Lipinski definition) is 2. The third-order valence-corrected chi connectivity index (χ3v) is 2.18. The Bertz CT molecular complexity index is 354. The van der Waals surface area contributed by atoms with Gasteiger partial charge in [-0.25, -0.2) is 4.39 Å². The van der Waals surface area contributed by atoms with Crippen molar-refractivity contribution in [3.8, 4) is 0 Å². The van der Waals surface area contributed by atoms with Crippen LogP contribution < -0.4 is 0 Å². The summed E-state index contributed by atoms with van der Waals surface area (Å²) in [6.07, 6.45) is -1.81. The normalized spacial score (nSPS) is 12.5. The number of carbonyl (C=O) groups is 1. The van der Waals surface area contributed by atoms with Crippen molar-refractivity contribution in [3.63, 3.8) is 0 Å². The van der Waals surface area contributed by atoms with Gasteiger partial charge in [0.25, 0.3) is 0 Å². The molecule has 0 fully saturated rings. The number of carboxylic acids is 1. The molecule has 76 valence electrons. The Labute approximate surface area is 88.3 Å². The number of hydrogen-bond donors (Lipinski definition) is 2. The average Bonchev–Trinajstić information content (AvgIpc) is 2.01. The molecular formula is C9H8BrFO3. The molecule has 0 spiro atoms. The first kappa shape index (κ1) is 11.1. The zero-order chi connectivity index (χ0) is 10.7. The number of aliphatic hydroxyl groups excluding tert-OH is 1. The summed E-state index contributed by atoms with van der Waals surface area (Å²) < 4.78 is 13.7. The molecule has 0 radical (unpaired) electrons. The van der Waals surface area contributed by atoms with Gasteiger partial charge in [0.2, 0.25) is 0 Å². The first-order chi connectivity index (χ1) is 6.50. The fourth-order valence-electron chi connectivity index (χ4n) is 1.05. The SMILES string of the molecule is O=C(O)C[C@H](O)c1ccc(Br)cc1F. The molecule has 5 heteroatoms. The summed E-state index contributed by atoms with van der Waals surface area (Å²) in [4.78, 5) is 10.3. The van der Waals surface area contributed by atoms with Gasteiger partial charge in [0.1, 0.15) is 5.82 Å². The van der Waals surface area contributed by atoms with Crippen molar-refractivity contribution in [3.05, 3.63) is 34.1 Å². The Morgan fingerprint density at radius 1 is 1.57 bits per heavy atom. The minimum atomic E-state index is -1.30. The monoisotopic (exact) mass is 262 g/mol. The van der Waals surface area contributed by atoms with Crippen molar-refractivity contribution in [2.45, 2.75) is 12.5 Å². The second-order valence-corrected chi connectivity index (χ2v) is 3.70. The summed E-state index contributed by atoms with van der Waals surface area (Å²) in [5.41, 5.74) is -0.00407. The van der Waals surface area contributed by atoms with Crippen LogP contribution >= 0.6 is 15.9 Å². The largest absolute Gasteiger partial charge is 0.481 e. The molecule has 1 aromatic carbocycles. The lowest BCUT2D eigenvalue weighted by Crippen LogP contribution is -2.07. The highest BCUT2D eigenvalue weighted by Crippen LogP contribution is 2.22. The van der Waals surface area contributed by atoms with Crippen LogP contribution in [0.2, 0.25) is 0 Å². The van der Waals surface area contributed by atoms with Crippen molar-refractivity contribution in [1.82, 2.24) is 0 Å². The quantitative estimate of drug-likeness (QED) is 0.877. The van der Waals surface area contributed by atoms with E-state index in [2.05, 4.69) is 15.9 Å². The molecule has 0 aliphatic carbocycles. The van der Waals surface area contributed by atoms with Crippen LogP contribution in [-0.2, 0) is 4.79 Å². The first-order valence-corrected chi connectivity index (χ1v) is 4.65. The van der Waals surface area contributed by atoms with Crippen LogP contribution in [0.15, 0.2) is 22.7 Å². The molecule has 1 rings (SSSR count). The molecule has 0 aliphatic heterocycles. The Hall–Kier alpha value is -0.940. The summed E-state index contributed by atoms with van der Waals surface area (Å²) in [7, 11) is 0. The number of rotatable bonds is 3. The lowest BCUT2D eigenvalue weighted by atomic mass is 10.1. The number of aliphatic hydroxyl groups is 1. The van der Waals surface area contributed by atoms with Crippen LogP contribution in [0.5, 0.6) is 0 Å². The molecular weight excluding hydrogens is 255 g/mol. The molecule has 0 bridgehead atoms.